The van der Waals surface area contributed by atoms with Crippen molar-refractivity contribution in [2.45, 2.75) is 57.4 Å². The van der Waals surface area contributed by atoms with E-state index in [1.807, 2.05) is 0 Å². The van der Waals surface area contributed by atoms with Gasteiger partial charge in [-0.15, -0.1) is 0 Å². The van der Waals surface area contributed by atoms with Gasteiger partial charge in [0, 0.05) is 6.04 Å². The average Bonchev–Trinajstić information content (AvgIpc) is 2.56. The van der Waals surface area contributed by atoms with Crippen molar-refractivity contribution in [1.82, 2.24) is 0 Å². The summed E-state index contributed by atoms with van der Waals surface area (Å²) in [5.74, 6) is 1.63. The molecular formula is C20H31NO. The number of unbranched alkanes of at least 4 members (excludes halogenated alkanes) is 1. The highest BCUT2D eigenvalue weighted by Crippen LogP contribution is 2.33. The van der Waals surface area contributed by atoms with E-state index in [0.717, 1.165) is 18.8 Å². The molecule has 1 unspecified atom stereocenters. The minimum absolute atomic E-state index is 0.327. The minimum Gasteiger partial charge on any atom is -0.505 e. The van der Waals surface area contributed by atoms with Crippen LogP contribution in [-0.2, 0) is 11.2 Å². The van der Waals surface area contributed by atoms with Crippen LogP contribution in [0.1, 0.15) is 50.5 Å². The lowest BCUT2D eigenvalue weighted by atomic mass is 9.76. The summed E-state index contributed by atoms with van der Waals surface area (Å²) >= 11 is 0. The summed E-state index contributed by atoms with van der Waals surface area (Å²) < 4.78 is 4.93. The third kappa shape index (κ3) is 5.84. The van der Waals surface area contributed by atoms with E-state index in [1.165, 1.54) is 44.1 Å². The second-order valence-electron chi connectivity index (χ2n) is 6.67. The first-order chi connectivity index (χ1) is 10.8. The fourth-order valence-corrected chi connectivity index (χ4v) is 3.65. The Kier molecular flexibility index (Phi) is 7.51. The van der Waals surface area contributed by atoms with Crippen LogP contribution in [-0.4, -0.2) is 13.2 Å². The van der Waals surface area contributed by atoms with Crippen LogP contribution in [0.2, 0.25) is 0 Å². The van der Waals surface area contributed by atoms with Crippen LogP contribution in [0.4, 0.5) is 0 Å². The summed E-state index contributed by atoms with van der Waals surface area (Å²) in [4.78, 5) is 0. The third-order valence-corrected chi connectivity index (χ3v) is 5.03. The van der Waals surface area contributed by atoms with Gasteiger partial charge in [0.15, 0.2) is 0 Å². The summed E-state index contributed by atoms with van der Waals surface area (Å²) in [5, 5.41) is 0. The average molecular weight is 301 g/mol. The zero-order chi connectivity index (χ0) is 15.6. The molecule has 2 heteroatoms. The number of hydrogen-bond donors (Lipinski definition) is 1. The van der Waals surface area contributed by atoms with Crippen molar-refractivity contribution in [2.24, 2.45) is 17.6 Å². The van der Waals surface area contributed by atoms with Gasteiger partial charge in [-0.05, 0) is 55.6 Å². The summed E-state index contributed by atoms with van der Waals surface area (Å²) in [6.45, 7) is 0. The van der Waals surface area contributed by atoms with Gasteiger partial charge in [0.25, 0.3) is 0 Å². The van der Waals surface area contributed by atoms with Crippen LogP contribution < -0.4 is 5.73 Å². The highest BCUT2D eigenvalue weighted by atomic mass is 16.5. The Hall–Kier alpha value is -1.28. The number of allylic oxidation sites excluding steroid dienone is 1. The number of ether oxygens (including phenoxy) is 1. The molecule has 1 atom stereocenters. The maximum absolute atomic E-state index is 6.46. The second-order valence-corrected chi connectivity index (χ2v) is 6.67. The van der Waals surface area contributed by atoms with E-state index < -0.39 is 0 Å². The molecule has 0 radical (unpaired) electrons. The van der Waals surface area contributed by atoms with E-state index >= 15 is 0 Å². The Bertz CT molecular complexity index is 421. The maximum atomic E-state index is 6.46. The molecule has 0 heterocycles. The normalized spacial score (nSPS) is 23.5. The van der Waals surface area contributed by atoms with E-state index in [9.17, 15) is 0 Å². The molecule has 0 bridgehead atoms. The zero-order valence-electron chi connectivity index (χ0n) is 13.9. The number of hydrogen-bond acceptors (Lipinski definition) is 2. The fraction of sp³-hybridized carbons (Fsp3) is 0.600. The van der Waals surface area contributed by atoms with Gasteiger partial charge < -0.3 is 10.5 Å². The smallest absolute Gasteiger partial charge is 0.0784 e. The Balaban J connectivity index is 1.65. The molecule has 1 aromatic rings. The van der Waals surface area contributed by atoms with Gasteiger partial charge in [-0.25, -0.2) is 0 Å². The van der Waals surface area contributed by atoms with Gasteiger partial charge in [-0.3, -0.25) is 0 Å². The van der Waals surface area contributed by atoms with E-state index in [1.54, 1.807) is 13.4 Å². The molecule has 2 rings (SSSR count). The minimum atomic E-state index is 0.327. The molecule has 1 aliphatic carbocycles. The lowest BCUT2D eigenvalue weighted by molar-refractivity contribution is 0.231. The van der Waals surface area contributed by atoms with Gasteiger partial charge in [-0.2, -0.15) is 0 Å². The van der Waals surface area contributed by atoms with Crippen molar-refractivity contribution in [2.75, 3.05) is 7.11 Å². The number of benzene rings is 1. The summed E-state index contributed by atoms with van der Waals surface area (Å²) in [5.41, 5.74) is 7.83. The van der Waals surface area contributed by atoms with Crippen LogP contribution in [0.5, 0.6) is 0 Å². The first kappa shape index (κ1) is 17.1. The molecular weight excluding hydrogens is 270 g/mol. The molecule has 0 saturated heterocycles. The predicted molar refractivity (Wildman–Crippen MR) is 93.6 cm³/mol. The standard InChI is InChI=1S/C20H31NO/c1-22-15-7-3-6-8-17-11-13-19(14-12-17)20(21)16-18-9-4-2-5-10-18/h2,4-5,7,9-10,15,17,19-20H,3,6,8,11-14,16,21H2,1H3/b15-7-. The molecule has 1 fully saturated rings. The van der Waals surface area contributed by atoms with Gasteiger partial charge in [0.2, 0.25) is 0 Å². The Morgan fingerprint density at radius 1 is 1.18 bits per heavy atom. The van der Waals surface area contributed by atoms with E-state index in [4.69, 9.17) is 10.5 Å². The Morgan fingerprint density at radius 2 is 1.91 bits per heavy atom. The van der Waals surface area contributed by atoms with Crippen LogP contribution in [0, 0.1) is 11.8 Å². The van der Waals surface area contributed by atoms with Crippen molar-refractivity contribution in [3.05, 3.63) is 48.2 Å². The van der Waals surface area contributed by atoms with Gasteiger partial charge >= 0.3 is 0 Å². The summed E-state index contributed by atoms with van der Waals surface area (Å²) in [6, 6.07) is 11.0. The lowest BCUT2D eigenvalue weighted by Gasteiger charge is -2.32. The molecule has 1 aromatic carbocycles. The summed E-state index contributed by atoms with van der Waals surface area (Å²) in [7, 11) is 1.70. The molecule has 0 aromatic heterocycles. The second kappa shape index (κ2) is 9.68. The SMILES string of the molecule is CO/C=C\CCCC1CCC(C(N)Cc2ccccc2)CC1. The van der Waals surface area contributed by atoms with Crippen LogP contribution >= 0.6 is 0 Å². The summed E-state index contributed by atoms with van der Waals surface area (Å²) in [6.07, 6.45) is 14.1. The lowest BCUT2D eigenvalue weighted by Crippen LogP contribution is -2.34. The Labute approximate surface area is 135 Å². The van der Waals surface area contributed by atoms with Crippen molar-refractivity contribution < 1.29 is 4.74 Å². The van der Waals surface area contributed by atoms with Gasteiger partial charge in [-0.1, -0.05) is 49.6 Å². The topological polar surface area (TPSA) is 35.2 Å². The largest absolute Gasteiger partial charge is 0.505 e. The number of methoxy groups -OCH3 is 1. The van der Waals surface area contributed by atoms with Crippen LogP contribution in [0.3, 0.4) is 0 Å². The fourth-order valence-electron chi connectivity index (χ4n) is 3.65. The van der Waals surface area contributed by atoms with Gasteiger partial charge in [0.05, 0.1) is 13.4 Å². The molecule has 0 amide bonds. The molecule has 122 valence electrons. The van der Waals surface area contributed by atoms with Gasteiger partial charge in [0.1, 0.15) is 0 Å². The first-order valence-corrected chi connectivity index (χ1v) is 8.77. The molecule has 1 aliphatic rings. The molecule has 22 heavy (non-hydrogen) atoms. The van der Waals surface area contributed by atoms with E-state index in [2.05, 4.69) is 36.4 Å². The van der Waals surface area contributed by atoms with Crippen molar-refractivity contribution in [3.8, 4) is 0 Å². The third-order valence-electron chi connectivity index (χ3n) is 5.03. The number of rotatable bonds is 8. The first-order valence-electron chi connectivity index (χ1n) is 8.77. The quantitative estimate of drug-likeness (QED) is 0.558. The van der Waals surface area contributed by atoms with E-state index in [0.29, 0.717) is 12.0 Å². The molecule has 2 N–H and O–H groups in total. The zero-order valence-corrected chi connectivity index (χ0v) is 13.9. The van der Waals surface area contributed by atoms with Crippen molar-refractivity contribution in [3.63, 3.8) is 0 Å². The van der Waals surface area contributed by atoms with Crippen LogP contribution in [0.25, 0.3) is 0 Å². The van der Waals surface area contributed by atoms with Crippen molar-refractivity contribution >= 4 is 0 Å². The predicted octanol–water partition coefficient (Wildman–Crippen LogP) is 4.69. The Morgan fingerprint density at radius 3 is 2.59 bits per heavy atom. The highest BCUT2D eigenvalue weighted by molar-refractivity contribution is 5.16. The molecule has 2 nitrogen and oxygen atoms in total. The van der Waals surface area contributed by atoms with E-state index in [-0.39, 0.29) is 0 Å². The monoisotopic (exact) mass is 301 g/mol. The maximum Gasteiger partial charge on any atom is 0.0784 e. The molecule has 1 saturated carbocycles. The highest BCUT2D eigenvalue weighted by Gasteiger charge is 2.25. The van der Waals surface area contributed by atoms with Crippen molar-refractivity contribution in [1.29, 1.82) is 0 Å². The van der Waals surface area contributed by atoms with Crippen LogP contribution in [0.15, 0.2) is 42.7 Å². The number of nitrogens with two attached hydrogens (primary N) is 1. The molecule has 0 aliphatic heterocycles. The molecule has 0 spiro atoms.